The van der Waals surface area contributed by atoms with Crippen molar-refractivity contribution in [1.29, 1.82) is 0 Å². The fourth-order valence-electron chi connectivity index (χ4n) is 3.47. The number of hydrogen-bond acceptors (Lipinski definition) is 4. The zero-order valence-electron chi connectivity index (χ0n) is 14.6. The highest BCUT2D eigenvalue weighted by Crippen LogP contribution is 2.26. The number of benzene rings is 2. The lowest BCUT2D eigenvalue weighted by Crippen LogP contribution is -2.14. The summed E-state index contributed by atoms with van der Waals surface area (Å²) in [6.45, 7) is 1.02. The second kappa shape index (κ2) is 6.32. The van der Waals surface area contributed by atoms with Gasteiger partial charge in [0.15, 0.2) is 0 Å². The fourth-order valence-corrected chi connectivity index (χ4v) is 3.47. The Hall–Kier alpha value is -3.54. The SMILES string of the molecule is O=C(Nc1ccc(-c2cnc3n2CCC3)cc1)c1cnc2ccccc2n1. The third-order valence-corrected chi connectivity index (χ3v) is 4.84. The quantitative estimate of drug-likeness (QED) is 0.608. The van der Waals surface area contributed by atoms with Gasteiger partial charge in [-0.3, -0.25) is 9.78 Å². The fraction of sp³-hybridized carbons (Fsp3) is 0.143. The van der Waals surface area contributed by atoms with Crippen molar-refractivity contribution in [3.05, 3.63) is 72.4 Å². The lowest BCUT2D eigenvalue weighted by molar-refractivity contribution is 0.102. The van der Waals surface area contributed by atoms with E-state index in [0.717, 1.165) is 47.7 Å². The van der Waals surface area contributed by atoms with Gasteiger partial charge in [0, 0.05) is 18.7 Å². The van der Waals surface area contributed by atoms with Gasteiger partial charge in [-0.25, -0.2) is 9.97 Å². The van der Waals surface area contributed by atoms with E-state index in [1.54, 1.807) is 0 Å². The molecule has 27 heavy (non-hydrogen) atoms. The molecule has 0 spiro atoms. The Morgan fingerprint density at radius 2 is 1.78 bits per heavy atom. The zero-order valence-corrected chi connectivity index (χ0v) is 14.6. The maximum absolute atomic E-state index is 12.5. The molecule has 0 atom stereocenters. The molecule has 2 aromatic carbocycles. The zero-order chi connectivity index (χ0) is 18.2. The first-order chi connectivity index (χ1) is 13.3. The van der Waals surface area contributed by atoms with Crippen LogP contribution in [0.4, 0.5) is 5.69 Å². The molecule has 132 valence electrons. The summed E-state index contributed by atoms with van der Waals surface area (Å²) in [7, 11) is 0. The maximum atomic E-state index is 12.5. The van der Waals surface area contributed by atoms with Crippen molar-refractivity contribution in [2.75, 3.05) is 5.32 Å². The van der Waals surface area contributed by atoms with Crippen molar-refractivity contribution < 1.29 is 4.79 Å². The number of fused-ring (bicyclic) bond motifs is 2. The first-order valence-corrected chi connectivity index (χ1v) is 8.96. The molecule has 4 aromatic rings. The molecule has 1 amide bonds. The topological polar surface area (TPSA) is 72.7 Å². The molecule has 3 heterocycles. The van der Waals surface area contributed by atoms with Crippen LogP contribution in [0, 0.1) is 0 Å². The molecular formula is C21H17N5O. The number of carbonyl (C=O) groups is 1. The summed E-state index contributed by atoms with van der Waals surface area (Å²) in [5.41, 5.74) is 4.72. The number of nitrogens with zero attached hydrogens (tertiary/aromatic N) is 4. The van der Waals surface area contributed by atoms with E-state index in [1.807, 2.05) is 54.7 Å². The number of rotatable bonds is 3. The monoisotopic (exact) mass is 355 g/mol. The van der Waals surface area contributed by atoms with Gasteiger partial charge in [-0.1, -0.05) is 24.3 Å². The van der Waals surface area contributed by atoms with Crippen LogP contribution in [-0.4, -0.2) is 25.4 Å². The Kier molecular flexibility index (Phi) is 3.67. The first kappa shape index (κ1) is 15.7. The Morgan fingerprint density at radius 1 is 0.963 bits per heavy atom. The van der Waals surface area contributed by atoms with Crippen LogP contribution >= 0.6 is 0 Å². The molecular weight excluding hydrogens is 338 g/mol. The molecule has 0 bridgehead atoms. The number of aryl methyl sites for hydroxylation is 1. The summed E-state index contributed by atoms with van der Waals surface area (Å²) in [5, 5.41) is 2.88. The molecule has 2 aromatic heterocycles. The van der Waals surface area contributed by atoms with Crippen LogP contribution in [0.25, 0.3) is 22.3 Å². The number of para-hydroxylation sites is 2. The Morgan fingerprint density at radius 3 is 2.63 bits per heavy atom. The predicted octanol–water partition coefficient (Wildman–Crippen LogP) is 3.69. The highest BCUT2D eigenvalue weighted by Gasteiger charge is 2.16. The van der Waals surface area contributed by atoms with Crippen molar-refractivity contribution in [1.82, 2.24) is 19.5 Å². The standard InChI is InChI=1S/C21H17N5O/c27-21(18-12-22-16-4-1-2-5-17(16)25-18)24-15-9-7-14(8-10-15)19-13-23-20-6-3-11-26(19)20/h1-2,4-5,7-10,12-13H,3,6,11H2,(H,24,27). The molecule has 6 heteroatoms. The van der Waals surface area contributed by atoms with Crippen molar-refractivity contribution in [3.8, 4) is 11.3 Å². The molecule has 0 saturated heterocycles. The van der Waals surface area contributed by atoms with Crippen molar-refractivity contribution >= 4 is 22.6 Å². The second-order valence-electron chi connectivity index (χ2n) is 6.59. The van der Waals surface area contributed by atoms with Gasteiger partial charge in [-0.15, -0.1) is 0 Å². The first-order valence-electron chi connectivity index (χ1n) is 8.96. The van der Waals surface area contributed by atoms with Crippen molar-refractivity contribution in [2.24, 2.45) is 0 Å². The van der Waals surface area contributed by atoms with Gasteiger partial charge in [0.05, 0.1) is 29.1 Å². The Labute approximate surface area is 155 Å². The largest absolute Gasteiger partial charge is 0.328 e. The van der Waals surface area contributed by atoms with E-state index in [1.165, 1.54) is 6.20 Å². The van der Waals surface area contributed by atoms with Crippen molar-refractivity contribution in [3.63, 3.8) is 0 Å². The van der Waals surface area contributed by atoms with Gasteiger partial charge < -0.3 is 9.88 Å². The lowest BCUT2D eigenvalue weighted by atomic mass is 10.1. The molecule has 0 aliphatic carbocycles. The maximum Gasteiger partial charge on any atom is 0.275 e. The average Bonchev–Trinajstić information content (AvgIpc) is 3.32. The van der Waals surface area contributed by atoms with Crippen LogP contribution in [-0.2, 0) is 13.0 Å². The normalized spacial score (nSPS) is 12.9. The molecule has 5 rings (SSSR count). The molecule has 0 saturated carbocycles. The average molecular weight is 355 g/mol. The molecule has 1 N–H and O–H groups in total. The molecule has 0 fully saturated rings. The number of anilines is 1. The van der Waals surface area contributed by atoms with Crippen LogP contribution in [0.2, 0.25) is 0 Å². The van der Waals surface area contributed by atoms with Crippen LogP contribution in [0.5, 0.6) is 0 Å². The molecule has 0 radical (unpaired) electrons. The Bertz CT molecular complexity index is 1150. The van der Waals surface area contributed by atoms with E-state index >= 15 is 0 Å². The summed E-state index contributed by atoms with van der Waals surface area (Å²) < 4.78 is 2.26. The van der Waals surface area contributed by atoms with Gasteiger partial charge in [0.1, 0.15) is 11.5 Å². The highest BCUT2D eigenvalue weighted by atomic mass is 16.1. The van der Waals surface area contributed by atoms with E-state index in [0.29, 0.717) is 11.2 Å². The minimum atomic E-state index is -0.272. The van der Waals surface area contributed by atoms with Gasteiger partial charge >= 0.3 is 0 Å². The summed E-state index contributed by atoms with van der Waals surface area (Å²) in [5.74, 6) is 0.878. The number of amides is 1. The third kappa shape index (κ3) is 2.85. The van der Waals surface area contributed by atoms with Gasteiger partial charge in [0.2, 0.25) is 0 Å². The number of hydrogen-bond donors (Lipinski definition) is 1. The molecule has 1 aliphatic heterocycles. The number of nitrogens with one attached hydrogen (secondary N) is 1. The third-order valence-electron chi connectivity index (χ3n) is 4.84. The van der Waals surface area contributed by atoms with E-state index in [9.17, 15) is 4.79 Å². The number of aromatic nitrogens is 4. The van der Waals surface area contributed by atoms with Gasteiger partial charge in [-0.2, -0.15) is 0 Å². The minimum Gasteiger partial charge on any atom is -0.328 e. The minimum absolute atomic E-state index is 0.272. The van der Waals surface area contributed by atoms with Crippen LogP contribution in [0.1, 0.15) is 22.7 Å². The smallest absolute Gasteiger partial charge is 0.275 e. The summed E-state index contributed by atoms with van der Waals surface area (Å²) in [6.07, 6.45) is 5.62. The highest BCUT2D eigenvalue weighted by molar-refractivity contribution is 6.03. The van der Waals surface area contributed by atoms with E-state index in [-0.39, 0.29) is 5.91 Å². The van der Waals surface area contributed by atoms with Crippen LogP contribution in [0.15, 0.2) is 60.9 Å². The van der Waals surface area contributed by atoms with Crippen molar-refractivity contribution in [2.45, 2.75) is 19.4 Å². The van der Waals surface area contributed by atoms with E-state index < -0.39 is 0 Å². The molecule has 0 unspecified atom stereocenters. The van der Waals surface area contributed by atoms with Gasteiger partial charge in [-0.05, 0) is 36.2 Å². The summed E-state index contributed by atoms with van der Waals surface area (Å²) in [4.78, 5) is 25.7. The molecule has 1 aliphatic rings. The van der Waals surface area contributed by atoms with Crippen LogP contribution < -0.4 is 5.32 Å². The van der Waals surface area contributed by atoms with Crippen LogP contribution in [0.3, 0.4) is 0 Å². The number of carbonyl (C=O) groups excluding carboxylic acids is 1. The molecule has 6 nitrogen and oxygen atoms in total. The number of imidazole rings is 1. The second-order valence-corrected chi connectivity index (χ2v) is 6.59. The predicted molar refractivity (Wildman–Crippen MR) is 103 cm³/mol. The van der Waals surface area contributed by atoms with E-state index in [2.05, 4.69) is 24.8 Å². The lowest BCUT2D eigenvalue weighted by Gasteiger charge is -2.08. The van der Waals surface area contributed by atoms with Gasteiger partial charge in [0.25, 0.3) is 5.91 Å². The van der Waals surface area contributed by atoms with E-state index in [4.69, 9.17) is 0 Å². The summed E-state index contributed by atoms with van der Waals surface area (Å²) >= 11 is 0. The Balaban J connectivity index is 1.36. The summed E-state index contributed by atoms with van der Waals surface area (Å²) in [6, 6.07) is 15.3.